The van der Waals surface area contributed by atoms with Crippen LogP contribution in [0.4, 0.5) is 0 Å². The first-order chi connectivity index (χ1) is 5.56. The van der Waals surface area contributed by atoms with E-state index in [9.17, 15) is 0 Å². The van der Waals surface area contributed by atoms with E-state index in [2.05, 4.69) is 51.3 Å². The quantitative estimate of drug-likeness (QED) is 0.619. The van der Waals surface area contributed by atoms with Crippen LogP contribution in [0.25, 0.3) is 0 Å². The van der Waals surface area contributed by atoms with Gasteiger partial charge in [-0.05, 0) is 26.5 Å². The van der Waals surface area contributed by atoms with E-state index in [0.29, 0.717) is 0 Å². The molecule has 1 rings (SSSR count). The molecule has 0 fully saturated rings. The first kappa shape index (κ1) is 9.33. The minimum absolute atomic E-state index is 0.0771. The van der Waals surface area contributed by atoms with Crippen LogP contribution in [0, 0.1) is 0 Å². The Morgan fingerprint density at radius 2 is 1.67 bits per heavy atom. The molecule has 1 aromatic rings. The van der Waals surface area contributed by atoms with Crippen molar-refractivity contribution in [2.24, 2.45) is 0 Å². The molecule has 0 radical (unpaired) electrons. The number of hydrogen-bond donors (Lipinski definition) is 1. The lowest BCUT2D eigenvalue weighted by Crippen LogP contribution is -2.33. The van der Waals surface area contributed by atoms with E-state index in [1.807, 2.05) is 7.05 Å². The molecular formula is C10H16BN. The number of nitrogens with one attached hydrogen (secondary N) is 1. The van der Waals surface area contributed by atoms with E-state index >= 15 is 0 Å². The summed E-state index contributed by atoms with van der Waals surface area (Å²) in [6.07, 6.45) is 0. The Morgan fingerprint density at radius 1 is 1.17 bits per heavy atom. The zero-order valence-electron chi connectivity index (χ0n) is 8.31. The molecule has 0 amide bonds. The third kappa shape index (κ3) is 1.89. The molecule has 0 aliphatic rings. The van der Waals surface area contributed by atoms with Crippen molar-refractivity contribution >= 4 is 13.3 Å². The van der Waals surface area contributed by atoms with Crippen molar-refractivity contribution in [1.82, 2.24) is 5.32 Å². The van der Waals surface area contributed by atoms with Gasteiger partial charge in [-0.1, -0.05) is 29.7 Å². The summed E-state index contributed by atoms with van der Waals surface area (Å²) in [6, 6.07) is 8.64. The molecule has 1 aromatic carbocycles. The Morgan fingerprint density at radius 3 is 2.08 bits per heavy atom. The normalized spacial score (nSPS) is 11.6. The van der Waals surface area contributed by atoms with E-state index in [1.54, 1.807) is 0 Å². The van der Waals surface area contributed by atoms with Gasteiger partial charge in [-0.25, -0.2) is 0 Å². The van der Waals surface area contributed by atoms with Crippen LogP contribution >= 0.6 is 0 Å². The largest absolute Gasteiger partial charge is 0.311 e. The van der Waals surface area contributed by atoms with Gasteiger partial charge in [0.05, 0.1) is 0 Å². The maximum absolute atomic E-state index is 3.28. The predicted molar refractivity (Wildman–Crippen MR) is 56.7 cm³/mol. The van der Waals surface area contributed by atoms with Gasteiger partial charge in [0.1, 0.15) is 7.85 Å². The maximum Gasteiger partial charge on any atom is 0.139 e. The molecule has 0 bridgehead atoms. The Bertz CT molecular complexity index is 251. The third-order valence-corrected chi connectivity index (χ3v) is 2.40. The van der Waals surface area contributed by atoms with E-state index < -0.39 is 0 Å². The lowest BCUT2D eigenvalue weighted by atomic mass is 9.89. The highest BCUT2D eigenvalue weighted by Crippen LogP contribution is 2.17. The van der Waals surface area contributed by atoms with Crippen molar-refractivity contribution in [1.29, 1.82) is 0 Å². The molecule has 0 spiro atoms. The van der Waals surface area contributed by atoms with Crippen LogP contribution in [0.1, 0.15) is 19.4 Å². The molecule has 0 saturated heterocycles. The molecule has 0 saturated carbocycles. The van der Waals surface area contributed by atoms with Gasteiger partial charge in [0.2, 0.25) is 0 Å². The van der Waals surface area contributed by atoms with Crippen molar-refractivity contribution in [3.05, 3.63) is 29.8 Å². The van der Waals surface area contributed by atoms with Crippen LogP contribution in [0.3, 0.4) is 0 Å². The molecule has 0 atom stereocenters. The Labute approximate surface area is 75.6 Å². The molecule has 0 aliphatic carbocycles. The van der Waals surface area contributed by atoms with Gasteiger partial charge in [-0.2, -0.15) is 0 Å². The minimum atomic E-state index is 0.0771. The maximum atomic E-state index is 3.28. The molecule has 0 aromatic heterocycles. The average Bonchev–Trinajstić information content (AvgIpc) is 2.05. The Kier molecular flexibility index (Phi) is 2.58. The van der Waals surface area contributed by atoms with Gasteiger partial charge < -0.3 is 5.32 Å². The molecule has 2 heteroatoms. The van der Waals surface area contributed by atoms with Gasteiger partial charge in [-0.15, -0.1) is 0 Å². The SMILES string of the molecule is Bc1ccc(C(C)(C)NC)cc1. The standard InChI is InChI=1S/C10H16BN/c1-10(2,12-3)8-4-6-9(11)7-5-8/h4-7,12H,11H2,1-3H3. The summed E-state index contributed by atoms with van der Waals surface area (Å²) >= 11 is 0. The van der Waals surface area contributed by atoms with Gasteiger partial charge in [0, 0.05) is 5.54 Å². The zero-order valence-corrected chi connectivity index (χ0v) is 8.31. The summed E-state index contributed by atoms with van der Waals surface area (Å²) < 4.78 is 0. The monoisotopic (exact) mass is 161 g/mol. The van der Waals surface area contributed by atoms with Crippen molar-refractivity contribution < 1.29 is 0 Å². The topological polar surface area (TPSA) is 12.0 Å². The van der Waals surface area contributed by atoms with E-state index in [0.717, 1.165) is 0 Å². The summed E-state index contributed by atoms with van der Waals surface area (Å²) in [7, 11) is 4.09. The van der Waals surface area contributed by atoms with Crippen molar-refractivity contribution in [2.75, 3.05) is 7.05 Å². The molecule has 0 aliphatic heterocycles. The Hall–Kier alpha value is -0.755. The summed E-state index contributed by atoms with van der Waals surface area (Å²) in [6.45, 7) is 4.36. The molecule has 12 heavy (non-hydrogen) atoms. The van der Waals surface area contributed by atoms with Crippen LogP contribution in [0.5, 0.6) is 0 Å². The lowest BCUT2D eigenvalue weighted by Gasteiger charge is -2.24. The highest BCUT2D eigenvalue weighted by atomic mass is 14.9. The van der Waals surface area contributed by atoms with E-state index in [1.165, 1.54) is 11.0 Å². The second-order valence-electron chi connectivity index (χ2n) is 3.74. The van der Waals surface area contributed by atoms with Gasteiger partial charge in [0.15, 0.2) is 0 Å². The predicted octanol–water partition coefficient (Wildman–Crippen LogP) is 0.400. The second kappa shape index (κ2) is 3.32. The molecule has 1 N–H and O–H groups in total. The highest BCUT2D eigenvalue weighted by Gasteiger charge is 2.16. The molecule has 1 nitrogen and oxygen atoms in total. The van der Waals surface area contributed by atoms with Crippen molar-refractivity contribution in [3.8, 4) is 0 Å². The fraction of sp³-hybridized carbons (Fsp3) is 0.400. The average molecular weight is 161 g/mol. The molecular weight excluding hydrogens is 145 g/mol. The van der Waals surface area contributed by atoms with Crippen molar-refractivity contribution in [3.63, 3.8) is 0 Å². The summed E-state index contributed by atoms with van der Waals surface area (Å²) in [5, 5.41) is 3.28. The molecule has 64 valence electrons. The van der Waals surface area contributed by atoms with E-state index in [-0.39, 0.29) is 5.54 Å². The number of hydrogen-bond acceptors (Lipinski definition) is 1. The van der Waals surface area contributed by atoms with Crippen LogP contribution in [0.15, 0.2) is 24.3 Å². The van der Waals surface area contributed by atoms with Crippen LogP contribution in [0.2, 0.25) is 0 Å². The first-order valence-electron chi connectivity index (χ1n) is 4.32. The number of rotatable bonds is 2. The van der Waals surface area contributed by atoms with Gasteiger partial charge >= 0.3 is 0 Å². The zero-order chi connectivity index (χ0) is 9.19. The first-order valence-corrected chi connectivity index (χ1v) is 4.32. The third-order valence-electron chi connectivity index (χ3n) is 2.40. The summed E-state index contributed by atoms with van der Waals surface area (Å²) in [5.41, 5.74) is 2.72. The van der Waals surface area contributed by atoms with Crippen molar-refractivity contribution in [2.45, 2.75) is 19.4 Å². The van der Waals surface area contributed by atoms with Crippen LogP contribution in [-0.2, 0) is 5.54 Å². The van der Waals surface area contributed by atoms with Crippen LogP contribution < -0.4 is 10.8 Å². The summed E-state index contributed by atoms with van der Waals surface area (Å²) in [5.74, 6) is 0. The molecule has 0 heterocycles. The Balaban J connectivity index is 2.96. The van der Waals surface area contributed by atoms with Gasteiger partial charge in [0.25, 0.3) is 0 Å². The second-order valence-corrected chi connectivity index (χ2v) is 3.74. The fourth-order valence-electron chi connectivity index (χ4n) is 1.11. The lowest BCUT2D eigenvalue weighted by molar-refractivity contribution is 0.445. The van der Waals surface area contributed by atoms with Crippen LogP contribution in [-0.4, -0.2) is 14.9 Å². The highest BCUT2D eigenvalue weighted by molar-refractivity contribution is 6.32. The number of benzene rings is 1. The summed E-state index contributed by atoms with van der Waals surface area (Å²) in [4.78, 5) is 0. The van der Waals surface area contributed by atoms with Gasteiger partial charge in [-0.3, -0.25) is 0 Å². The smallest absolute Gasteiger partial charge is 0.139 e. The van der Waals surface area contributed by atoms with E-state index in [4.69, 9.17) is 0 Å². The minimum Gasteiger partial charge on any atom is -0.311 e. The fourth-order valence-corrected chi connectivity index (χ4v) is 1.11. The molecule has 0 unspecified atom stereocenters.